The van der Waals surface area contributed by atoms with Gasteiger partial charge in [0.05, 0.1) is 18.5 Å². The summed E-state index contributed by atoms with van der Waals surface area (Å²) in [7, 11) is 1.55. The van der Waals surface area contributed by atoms with E-state index in [4.69, 9.17) is 16.3 Å². The van der Waals surface area contributed by atoms with Crippen molar-refractivity contribution in [1.29, 1.82) is 0 Å². The molecule has 20 heavy (non-hydrogen) atoms. The molecule has 2 rings (SSSR count). The zero-order valence-electron chi connectivity index (χ0n) is 11.4. The zero-order chi connectivity index (χ0) is 14.5. The monoisotopic (exact) mass is 293 g/mol. The van der Waals surface area contributed by atoms with Gasteiger partial charge < -0.3 is 10.1 Å². The van der Waals surface area contributed by atoms with E-state index in [9.17, 15) is 4.79 Å². The Kier molecular flexibility index (Phi) is 4.63. The summed E-state index contributed by atoms with van der Waals surface area (Å²) in [6, 6.07) is 6.99. The lowest BCUT2D eigenvalue weighted by Gasteiger charge is -2.10. The van der Waals surface area contributed by atoms with Crippen molar-refractivity contribution in [1.82, 2.24) is 9.78 Å². The van der Waals surface area contributed by atoms with E-state index in [2.05, 4.69) is 10.4 Å². The first-order valence-corrected chi connectivity index (χ1v) is 6.60. The van der Waals surface area contributed by atoms with Crippen LogP contribution in [-0.2, 0) is 11.3 Å². The van der Waals surface area contributed by atoms with Crippen LogP contribution in [0.5, 0.6) is 5.75 Å². The second-order valence-electron chi connectivity index (χ2n) is 4.36. The number of nitrogens with zero attached hydrogens (tertiary/aromatic N) is 2. The van der Waals surface area contributed by atoms with Gasteiger partial charge in [-0.25, -0.2) is 0 Å². The maximum Gasteiger partial charge on any atom is 0.226 e. The van der Waals surface area contributed by atoms with Gasteiger partial charge in [0.1, 0.15) is 5.75 Å². The molecule has 1 aromatic carbocycles. The Labute approximate surface area is 122 Å². The minimum Gasteiger partial charge on any atom is -0.495 e. The van der Waals surface area contributed by atoms with Crippen molar-refractivity contribution in [2.24, 2.45) is 0 Å². The molecule has 0 saturated heterocycles. The maximum absolute atomic E-state index is 11.9. The molecule has 0 saturated carbocycles. The fourth-order valence-electron chi connectivity index (χ4n) is 1.79. The van der Waals surface area contributed by atoms with Crippen molar-refractivity contribution < 1.29 is 9.53 Å². The highest BCUT2D eigenvalue weighted by Gasteiger charge is 2.08. The van der Waals surface area contributed by atoms with Crippen molar-refractivity contribution in [3.63, 3.8) is 0 Å². The van der Waals surface area contributed by atoms with Crippen LogP contribution in [0.1, 0.15) is 12.1 Å². The number of hydrogen-bond acceptors (Lipinski definition) is 3. The van der Waals surface area contributed by atoms with Gasteiger partial charge in [-0.3, -0.25) is 9.48 Å². The van der Waals surface area contributed by atoms with Crippen molar-refractivity contribution in [3.05, 3.63) is 41.2 Å². The van der Waals surface area contributed by atoms with Crippen molar-refractivity contribution >= 4 is 23.2 Å². The number of carbonyl (C=O) groups is 1. The highest BCUT2D eigenvalue weighted by atomic mass is 35.5. The summed E-state index contributed by atoms with van der Waals surface area (Å²) in [6.07, 6.45) is 2.18. The molecule has 0 fully saturated rings. The molecule has 0 aliphatic rings. The number of aryl methyl sites for hydroxylation is 2. The Morgan fingerprint density at radius 1 is 1.45 bits per heavy atom. The summed E-state index contributed by atoms with van der Waals surface area (Å²) in [5.41, 5.74) is 1.50. The Morgan fingerprint density at radius 2 is 2.25 bits per heavy atom. The summed E-state index contributed by atoms with van der Waals surface area (Å²) < 4.78 is 6.92. The first kappa shape index (κ1) is 14.4. The average molecular weight is 294 g/mol. The fraction of sp³-hybridized carbons (Fsp3) is 0.286. The van der Waals surface area contributed by atoms with Crippen molar-refractivity contribution in [3.8, 4) is 5.75 Å². The Hall–Kier alpha value is -2.01. The maximum atomic E-state index is 11.9. The highest BCUT2D eigenvalue weighted by molar-refractivity contribution is 6.31. The number of amides is 1. The average Bonchev–Trinajstić information content (AvgIpc) is 2.83. The lowest BCUT2D eigenvalue weighted by molar-refractivity contribution is -0.116. The van der Waals surface area contributed by atoms with Crippen LogP contribution in [0, 0.1) is 6.92 Å². The molecule has 0 unspecified atom stereocenters. The van der Waals surface area contributed by atoms with Crippen LogP contribution >= 0.6 is 11.6 Å². The minimum absolute atomic E-state index is 0.112. The van der Waals surface area contributed by atoms with Crippen LogP contribution in [0.15, 0.2) is 30.5 Å². The normalized spacial score (nSPS) is 10.3. The van der Waals surface area contributed by atoms with Gasteiger partial charge in [0.25, 0.3) is 0 Å². The number of ether oxygens (including phenoxy) is 1. The third-order valence-electron chi connectivity index (χ3n) is 2.78. The molecular weight excluding hydrogens is 278 g/mol. The predicted octanol–water partition coefficient (Wildman–Crippen LogP) is 2.88. The first-order valence-electron chi connectivity index (χ1n) is 6.22. The number of methoxy groups -OCH3 is 1. The van der Waals surface area contributed by atoms with Gasteiger partial charge in [-0.2, -0.15) is 5.10 Å². The first-order chi connectivity index (χ1) is 9.58. The Bertz CT molecular complexity index is 610. The number of anilines is 1. The van der Waals surface area contributed by atoms with Gasteiger partial charge in [-0.1, -0.05) is 11.6 Å². The topological polar surface area (TPSA) is 56.1 Å². The molecule has 5 nitrogen and oxygen atoms in total. The SMILES string of the molecule is COc1ccc(Cl)cc1NC(=O)CCn1ccc(C)n1. The third-order valence-corrected chi connectivity index (χ3v) is 3.01. The molecule has 1 N–H and O–H groups in total. The molecule has 2 aromatic rings. The van der Waals surface area contributed by atoms with Crippen LogP contribution in [0.4, 0.5) is 5.69 Å². The summed E-state index contributed by atoms with van der Waals surface area (Å²) in [5, 5.41) is 7.56. The van der Waals surface area contributed by atoms with E-state index in [0.29, 0.717) is 29.4 Å². The summed E-state index contributed by atoms with van der Waals surface area (Å²) in [6.45, 7) is 2.44. The molecule has 1 aromatic heterocycles. The second-order valence-corrected chi connectivity index (χ2v) is 4.80. The van der Waals surface area contributed by atoms with E-state index >= 15 is 0 Å². The summed E-state index contributed by atoms with van der Waals surface area (Å²) in [4.78, 5) is 11.9. The Balaban J connectivity index is 1.96. The van der Waals surface area contributed by atoms with E-state index in [0.717, 1.165) is 5.69 Å². The molecule has 0 bridgehead atoms. The van der Waals surface area contributed by atoms with E-state index in [1.54, 1.807) is 30.0 Å². The van der Waals surface area contributed by atoms with Gasteiger partial charge in [0.15, 0.2) is 0 Å². The molecule has 1 amide bonds. The summed E-state index contributed by atoms with van der Waals surface area (Å²) in [5.74, 6) is 0.469. The van der Waals surface area contributed by atoms with Crippen LogP contribution in [0.2, 0.25) is 5.02 Å². The number of nitrogens with one attached hydrogen (secondary N) is 1. The van der Waals surface area contributed by atoms with Crippen LogP contribution in [0.3, 0.4) is 0 Å². The smallest absolute Gasteiger partial charge is 0.226 e. The van der Waals surface area contributed by atoms with E-state index in [1.807, 2.05) is 19.2 Å². The molecule has 0 aliphatic carbocycles. The quantitative estimate of drug-likeness (QED) is 0.922. The number of rotatable bonds is 5. The van der Waals surface area contributed by atoms with E-state index in [1.165, 1.54) is 0 Å². The number of benzene rings is 1. The van der Waals surface area contributed by atoms with Crippen molar-refractivity contribution in [2.45, 2.75) is 19.9 Å². The molecule has 6 heteroatoms. The molecule has 0 atom stereocenters. The van der Waals surface area contributed by atoms with Crippen LogP contribution < -0.4 is 10.1 Å². The molecular formula is C14H16ClN3O2. The minimum atomic E-state index is -0.112. The molecule has 106 valence electrons. The van der Waals surface area contributed by atoms with Gasteiger partial charge >= 0.3 is 0 Å². The lowest BCUT2D eigenvalue weighted by atomic mass is 10.2. The van der Waals surface area contributed by atoms with Crippen LogP contribution in [0.25, 0.3) is 0 Å². The van der Waals surface area contributed by atoms with Crippen molar-refractivity contribution in [2.75, 3.05) is 12.4 Å². The molecule has 0 aliphatic heterocycles. The number of aromatic nitrogens is 2. The largest absolute Gasteiger partial charge is 0.495 e. The lowest BCUT2D eigenvalue weighted by Crippen LogP contribution is -2.15. The second kappa shape index (κ2) is 6.43. The molecule has 0 spiro atoms. The van der Waals surface area contributed by atoms with Gasteiger partial charge in [0, 0.05) is 24.2 Å². The van der Waals surface area contributed by atoms with Gasteiger partial charge in [-0.05, 0) is 31.2 Å². The number of carbonyl (C=O) groups excluding carboxylic acids is 1. The van der Waals surface area contributed by atoms with E-state index < -0.39 is 0 Å². The van der Waals surface area contributed by atoms with Crippen LogP contribution in [-0.4, -0.2) is 22.8 Å². The Morgan fingerprint density at radius 3 is 2.90 bits per heavy atom. The molecule has 1 heterocycles. The number of hydrogen-bond donors (Lipinski definition) is 1. The zero-order valence-corrected chi connectivity index (χ0v) is 12.1. The highest BCUT2D eigenvalue weighted by Crippen LogP contribution is 2.27. The molecule has 0 radical (unpaired) electrons. The standard InChI is InChI=1S/C14H16ClN3O2/c1-10-5-7-18(17-10)8-6-14(19)16-12-9-11(15)3-4-13(12)20-2/h3-5,7,9H,6,8H2,1-2H3,(H,16,19). The van der Waals surface area contributed by atoms with E-state index in [-0.39, 0.29) is 5.91 Å². The van der Waals surface area contributed by atoms with Gasteiger partial charge in [0.2, 0.25) is 5.91 Å². The fourth-order valence-corrected chi connectivity index (χ4v) is 1.97. The predicted molar refractivity (Wildman–Crippen MR) is 78.2 cm³/mol. The third kappa shape index (κ3) is 3.74. The number of halogens is 1. The summed E-state index contributed by atoms with van der Waals surface area (Å²) >= 11 is 5.91. The van der Waals surface area contributed by atoms with Gasteiger partial charge in [-0.15, -0.1) is 0 Å².